The molecule has 4 heteroatoms. The molecule has 0 aliphatic carbocycles. The number of carbonyl (C=O) groups excluding carboxylic acids is 1. The normalized spacial score (nSPS) is 14.0. The van der Waals surface area contributed by atoms with E-state index in [1.54, 1.807) is 0 Å². The Hall–Kier alpha value is -1.26. The third-order valence-corrected chi connectivity index (χ3v) is 4.94. The van der Waals surface area contributed by atoms with E-state index in [9.17, 15) is 4.79 Å². The van der Waals surface area contributed by atoms with Crippen LogP contribution in [0, 0.1) is 6.92 Å². The Labute approximate surface area is 131 Å². The number of aryl methyl sites for hydroxylation is 1. The summed E-state index contributed by atoms with van der Waals surface area (Å²) >= 11 is 5.25. The van der Waals surface area contributed by atoms with Gasteiger partial charge in [-0.05, 0) is 36.8 Å². The fourth-order valence-corrected chi connectivity index (χ4v) is 3.71. The van der Waals surface area contributed by atoms with Crippen LogP contribution in [0.3, 0.4) is 0 Å². The van der Waals surface area contributed by atoms with E-state index >= 15 is 0 Å². The van der Waals surface area contributed by atoms with Crippen LogP contribution in [0.1, 0.15) is 15.9 Å². The second kappa shape index (κ2) is 5.62. The summed E-state index contributed by atoms with van der Waals surface area (Å²) in [5, 5.41) is 0. The molecule has 1 heterocycles. The van der Waals surface area contributed by atoms with Gasteiger partial charge in [0.15, 0.2) is 0 Å². The smallest absolute Gasteiger partial charge is 0.258 e. The molecule has 3 rings (SSSR count). The molecule has 0 N–H and O–H groups in total. The van der Waals surface area contributed by atoms with E-state index in [2.05, 4.69) is 22.0 Å². The van der Waals surface area contributed by atoms with Crippen LogP contribution in [0.2, 0.25) is 0 Å². The van der Waals surface area contributed by atoms with Gasteiger partial charge in [0.05, 0.1) is 5.69 Å². The predicted octanol–water partition coefficient (Wildman–Crippen LogP) is 4.51. The van der Waals surface area contributed by atoms with Gasteiger partial charge in [-0.25, -0.2) is 0 Å². The summed E-state index contributed by atoms with van der Waals surface area (Å²) in [7, 11) is 0. The summed E-state index contributed by atoms with van der Waals surface area (Å²) in [6, 6.07) is 13.9. The second-order valence-electron chi connectivity index (χ2n) is 4.73. The van der Waals surface area contributed by atoms with Gasteiger partial charge < -0.3 is 4.90 Å². The highest BCUT2D eigenvalue weighted by atomic mass is 79.9. The highest BCUT2D eigenvalue weighted by Gasteiger charge is 2.24. The lowest BCUT2D eigenvalue weighted by atomic mass is 10.1. The number of rotatable bonds is 1. The number of fused-ring (bicyclic) bond motifs is 1. The lowest BCUT2D eigenvalue weighted by Gasteiger charge is -2.29. The molecule has 0 fully saturated rings. The summed E-state index contributed by atoms with van der Waals surface area (Å²) < 4.78 is 0.936. The SMILES string of the molecule is Cc1ccc(Br)cc1C(=O)N1CCSc2ccccc21. The molecule has 0 bridgehead atoms. The first-order valence-corrected chi connectivity index (χ1v) is 8.24. The molecule has 0 radical (unpaired) electrons. The van der Waals surface area contributed by atoms with Crippen LogP contribution in [0.4, 0.5) is 5.69 Å². The number of thioether (sulfide) groups is 1. The molecule has 1 aliphatic heterocycles. The van der Waals surface area contributed by atoms with Crippen molar-refractivity contribution in [3.8, 4) is 0 Å². The molecule has 1 aliphatic rings. The molecule has 20 heavy (non-hydrogen) atoms. The van der Waals surface area contributed by atoms with Crippen molar-refractivity contribution < 1.29 is 4.79 Å². The molecule has 0 atom stereocenters. The fraction of sp³-hybridized carbons (Fsp3) is 0.188. The van der Waals surface area contributed by atoms with Gasteiger partial charge in [-0.15, -0.1) is 11.8 Å². The summed E-state index contributed by atoms with van der Waals surface area (Å²) in [6.07, 6.45) is 0. The number of nitrogens with zero attached hydrogens (tertiary/aromatic N) is 1. The summed E-state index contributed by atoms with van der Waals surface area (Å²) in [5.74, 6) is 1.02. The molecule has 1 amide bonds. The van der Waals surface area contributed by atoms with Crippen molar-refractivity contribution in [2.45, 2.75) is 11.8 Å². The van der Waals surface area contributed by atoms with Crippen molar-refractivity contribution in [1.82, 2.24) is 0 Å². The van der Waals surface area contributed by atoms with Crippen LogP contribution in [0.15, 0.2) is 51.8 Å². The van der Waals surface area contributed by atoms with Crippen molar-refractivity contribution in [2.24, 2.45) is 0 Å². The van der Waals surface area contributed by atoms with E-state index in [1.165, 1.54) is 4.90 Å². The molecule has 2 nitrogen and oxygen atoms in total. The monoisotopic (exact) mass is 347 g/mol. The number of amides is 1. The lowest BCUT2D eigenvalue weighted by Crippen LogP contribution is -2.35. The molecule has 0 spiro atoms. The Kier molecular flexibility index (Phi) is 3.85. The molecule has 2 aromatic carbocycles. The van der Waals surface area contributed by atoms with Crippen molar-refractivity contribution in [3.63, 3.8) is 0 Å². The van der Waals surface area contributed by atoms with Gasteiger partial charge in [-0.3, -0.25) is 4.79 Å². The van der Waals surface area contributed by atoms with Crippen LogP contribution in [-0.2, 0) is 0 Å². The number of halogens is 1. The van der Waals surface area contributed by atoms with E-state index in [0.717, 1.165) is 33.6 Å². The molecule has 102 valence electrons. The molecule has 0 unspecified atom stereocenters. The maximum Gasteiger partial charge on any atom is 0.258 e. The van der Waals surface area contributed by atoms with Gasteiger partial charge >= 0.3 is 0 Å². The first-order chi connectivity index (χ1) is 9.66. The lowest BCUT2D eigenvalue weighted by molar-refractivity contribution is 0.0987. The van der Waals surface area contributed by atoms with Crippen molar-refractivity contribution in [2.75, 3.05) is 17.2 Å². The van der Waals surface area contributed by atoms with Crippen molar-refractivity contribution >= 4 is 39.3 Å². The highest BCUT2D eigenvalue weighted by molar-refractivity contribution is 9.10. The number of anilines is 1. The van der Waals surface area contributed by atoms with Gasteiger partial charge in [-0.2, -0.15) is 0 Å². The standard InChI is InChI=1S/C16H14BrNOS/c1-11-6-7-12(17)10-13(11)16(19)18-8-9-20-15-5-3-2-4-14(15)18/h2-7,10H,8-9H2,1H3. The van der Waals surface area contributed by atoms with E-state index in [1.807, 2.05) is 60.0 Å². The maximum absolute atomic E-state index is 12.8. The number of para-hydroxylation sites is 1. The molecular weight excluding hydrogens is 334 g/mol. The van der Waals surface area contributed by atoms with E-state index in [0.29, 0.717) is 0 Å². The third-order valence-electron chi connectivity index (χ3n) is 3.40. The molecular formula is C16H14BrNOS. The zero-order valence-corrected chi connectivity index (χ0v) is 13.5. The minimum absolute atomic E-state index is 0.0801. The van der Waals surface area contributed by atoms with Crippen LogP contribution in [-0.4, -0.2) is 18.2 Å². The average molecular weight is 348 g/mol. The zero-order valence-electron chi connectivity index (χ0n) is 11.1. The second-order valence-corrected chi connectivity index (χ2v) is 6.78. The quantitative estimate of drug-likeness (QED) is 0.756. The van der Waals surface area contributed by atoms with E-state index in [-0.39, 0.29) is 5.91 Å². The van der Waals surface area contributed by atoms with Crippen molar-refractivity contribution in [3.05, 3.63) is 58.1 Å². The number of hydrogen-bond acceptors (Lipinski definition) is 2. The third kappa shape index (κ3) is 2.50. The number of benzene rings is 2. The van der Waals surface area contributed by atoms with Crippen LogP contribution in [0.25, 0.3) is 0 Å². The Balaban J connectivity index is 2.02. The van der Waals surface area contributed by atoms with E-state index < -0.39 is 0 Å². The first-order valence-electron chi connectivity index (χ1n) is 6.46. The topological polar surface area (TPSA) is 20.3 Å². The van der Waals surface area contributed by atoms with Gasteiger partial charge in [0.25, 0.3) is 5.91 Å². The Morgan fingerprint density at radius 1 is 1.25 bits per heavy atom. The molecule has 0 aromatic heterocycles. The summed E-state index contributed by atoms with van der Waals surface area (Å²) in [5.41, 5.74) is 2.79. The van der Waals surface area contributed by atoms with Gasteiger partial charge in [0.2, 0.25) is 0 Å². The van der Waals surface area contributed by atoms with Gasteiger partial charge in [0.1, 0.15) is 0 Å². The Bertz CT molecular complexity index is 671. The largest absolute Gasteiger partial charge is 0.306 e. The molecule has 0 saturated heterocycles. The summed E-state index contributed by atoms with van der Waals surface area (Å²) in [4.78, 5) is 15.9. The summed E-state index contributed by atoms with van der Waals surface area (Å²) in [6.45, 7) is 2.73. The molecule has 2 aromatic rings. The fourth-order valence-electron chi connectivity index (χ4n) is 2.35. The van der Waals surface area contributed by atoms with Crippen LogP contribution >= 0.6 is 27.7 Å². The maximum atomic E-state index is 12.8. The van der Waals surface area contributed by atoms with Crippen molar-refractivity contribution in [1.29, 1.82) is 0 Å². The number of carbonyl (C=O) groups is 1. The zero-order chi connectivity index (χ0) is 14.1. The number of hydrogen-bond donors (Lipinski definition) is 0. The van der Waals surface area contributed by atoms with Crippen LogP contribution < -0.4 is 4.90 Å². The van der Waals surface area contributed by atoms with Gasteiger partial charge in [-0.1, -0.05) is 34.1 Å². The molecule has 0 saturated carbocycles. The van der Waals surface area contributed by atoms with E-state index in [4.69, 9.17) is 0 Å². The van der Waals surface area contributed by atoms with Crippen LogP contribution in [0.5, 0.6) is 0 Å². The average Bonchev–Trinajstić information content (AvgIpc) is 2.48. The Morgan fingerprint density at radius 2 is 2.05 bits per heavy atom. The highest BCUT2D eigenvalue weighted by Crippen LogP contribution is 2.35. The first kappa shape index (κ1) is 13.7. The Morgan fingerprint density at radius 3 is 2.90 bits per heavy atom. The predicted molar refractivity (Wildman–Crippen MR) is 87.7 cm³/mol. The minimum Gasteiger partial charge on any atom is -0.306 e. The minimum atomic E-state index is 0.0801. The van der Waals surface area contributed by atoms with Gasteiger partial charge in [0, 0.05) is 27.2 Å².